The summed E-state index contributed by atoms with van der Waals surface area (Å²) in [6, 6.07) is 0. The molecule has 6 nitrogen and oxygen atoms in total. The van der Waals surface area contributed by atoms with Crippen LogP contribution in [0.5, 0.6) is 0 Å². The molecule has 6 heteroatoms. The van der Waals surface area contributed by atoms with Crippen molar-refractivity contribution in [3.63, 3.8) is 0 Å². The fraction of sp³-hybridized carbons (Fsp3) is 0.500. The van der Waals surface area contributed by atoms with Crippen molar-refractivity contribution in [1.82, 2.24) is 4.98 Å². The quantitative estimate of drug-likeness (QED) is 0.492. The summed E-state index contributed by atoms with van der Waals surface area (Å²) in [5, 5.41) is 11.4. The molecule has 0 unspecified atom stereocenters. The Balaban J connectivity index is 3.42. The monoisotopic (exact) mass is 197 g/mol. The average molecular weight is 197 g/mol. The van der Waals surface area contributed by atoms with Gasteiger partial charge < -0.3 is 15.8 Å². The zero-order chi connectivity index (χ0) is 10.9. The van der Waals surface area contributed by atoms with Gasteiger partial charge in [0.2, 0.25) is 5.82 Å². The first kappa shape index (κ1) is 10.4. The fourth-order valence-electron chi connectivity index (χ4n) is 1.27. The van der Waals surface area contributed by atoms with Crippen LogP contribution in [0.4, 0.5) is 17.5 Å². The van der Waals surface area contributed by atoms with E-state index in [4.69, 9.17) is 11.5 Å². The van der Waals surface area contributed by atoms with Crippen molar-refractivity contribution in [3.05, 3.63) is 10.9 Å². The summed E-state index contributed by atoms with van der Waals surface area (Å²) in [4.78, 5) is 5.64. The Hall–Kier alpha value is -1.72. The lowest BCUT2D eigenvalue weighted by Crippen LogP contribution is -2.38. The van der Waals surface area contributed by atoms with Crippen molar-refractivity contribution >= 4 is 17.5 Å². The van der Waals surface area contributed by atoms with Crippen LogP contribution in [0, 0.1) is 5.21 Å². The molecule has 4 N–H and O–H groups in total. The normalized spacial score (nSPS) is 10.2. The van der Waals surface area contributed by atoms with Crippen molar-refractivity contribution in [2.45, 2.75) is 13.3 Å². The molecule has 0 aliphatic heterocycles. The van der Waals surface area contributed by atoms with Gasteiger partial charge in [-0.3, -0.25) is 5.73 Å². The molecular formula is C8H15N5O. The first-order chi connectivity index (χ1) is 6.49. The molecule has 0 aliphatic carbocycles. The van der Waals surface area contributed by atoms with Gasteiger partial charge in [-0.15, -0.1) is 0 Å². The summed E-state index contributed by atoms with van der Waals surface area (Å²) in [6.07, 6.45) is 0.531. The van der Waals surface area contributed by atoms with E-state index in [2.05, 4.69) is 4.98 Å². The first-order valence-corrected chi connectivity index (χ1v) is 4.33. The maximum Gasteiger partial charge on any atom is 0.392 e. The maximum absolute atomic E-state index is 11.4. The lowest BCUT2D eigenvalue weighted by atomic mass is 10.2. The summed E-state index contributed by atoms with van der Waals surface area (Å²) in [5.74, 6) is 0.464. The summed E-state index contributed by atoms with van der Waals surface area (Å²) in [7, 11) is 3.60. The van der Waals surface area contributed by atoms with Crippen LogP contribution in [0.2, 0.25) is 0 Å². The minimum Gasteiger partial charge on any atom is -0.740 e. The van der Waals surface area contributed by atoms with Gasteiger partial charge in [0.25, 0.3) is 0 Å². The van der Waals surface area contributed by atoms with Crippen LogP contribution in [0.1, 0.15) is 12.6 Å². The molecule has 0 fully saturated rings. The third-order valence-electron chi connectivity index (χ3n) is 1.98. The summed E-state index contributed by atoms with van der Waals surface area (Å²) in [5.41, 5.74) is 12.1. The molecular weight excluding hydrogens is 182 g/mol. The Labute approximate surface area is 82.7 Å². The number of aromatic nitrogens is 2. The Morgan fingerprint density at radius 3 is 2.43 bits per heavy atom. The van der Waals surface area contributed by atoms with Gasteiger partial charge in [0.15, 0.2) is 0 Å². The van der Waals surface area contributed by atoms with E-state index in [0.717, 1.165) is 0 Å². The molecule has 0 amide bonds. The molecule has 0 radical (unpaired) electrons. The highest BCUT2D eigenvalue weighted by Gasteiger charge is 2.17. The zero-order valence-electron chi connectivity index (χ0n) is 8.61. The van der Waals surface area contributed by atoms with Crippen molar-refractivity contribution < 1.29 is 4.73 Å². The van der Waals surface area contributed by atoms with Crippen molar-refractivity contribution in [2.24, 2.45) is 0 Å². The molecule has 14 heavy (non-hydrogen) atoms. The highest BCUT2D eigenvalue weighted by atomic mass is 16.5. The summed E-state index contributed by atoms with van der Waals surface area (Å²) in [6.45, 7) is 1.85. The molecule has 0 saturated heterocycles. The van der Waals surface area contributed by atoms with Crippen LogP contribution in [0.25, 0.3) is 0 Å². The number of hydrogen-bond donors (Lipinski definition) is 2. The lowest BCUT2D eigenvalue weighted by molar-refractivity contribution is -0.600. The van der Waals surface area contributed by atoms with Gasteiger partial charge in [-0.05, 0) is 0 Å². The number of nitrogens with two attached hydrogens (primary N) is 2. The number of anilines is 3. The molecule has 0 aliphatic rings. The number of nitrogen functional groups attached to an aromatic ring is 2. The highest BCUT2D eigenvalue weighted by Crippen LogP contribution is 2.21. The van der Waals surface area contributed by atoms with E-state index in [1.807, 2.05) is 6.92 Å². The van der Waals surface area contributed by atoms with Crippen molar-refractivity contribution in [3.8, 4) is 0 Å². The topological polar surface area (TPSA) is 95.1 Å². The van der Waals surface area contributed by atoms with Crippen LogP contribution in [-0.2, 0) is 6.42 Å². The summed E-state index contributed by atoms with van der Waals surface area (Å²) < 4.78 is 0.572. The van der Waals surface area contributed by atoms with E-state index >= 15 is 0 Å². The molecule has 0 aromatic carbocycles. The molecule has 0 atom stereocenters. The van der Waals surface area contributed by atoms with E-state index in [-0.39, 0.29) is 5.95 Å². The lowest BCUT2D eigenvalue weighted by Gasteiger charge is -2.17. The standard InChI is InChI=1S/C8H15N5O/c1-4-5-6(9)7(12(2)3)11-8(10)13(5)14/h4,9H2,1-3H3,(H2,10,11). The van der Waals surface area contributed by atoms with Crippen molar-refractivity contribution in [2.75, 3.05) is 30.5 Å². The Bertz CT molecular complexity index is 350. The zero-order valence-corrected chi connectivity index (χ0v) is 8.61. The third kappa shape index (κ3) is 1.50. The molecule has 0 saturated carbocycles. The predicted molar refractivity (Wildman–Crippen MR) is 55.7 cm³/mol. The van der Waals surface area contributed by atoms with E-state index in [9.17, 15) is 5.21 Å². The Morgan fingerprint density at radius 1 is 1.43 bits per heavy atom. The van der Waals surface area contributed by atoms with E-state index < -0.39 is 0 Å². The van der Waals surface area contributed by atoms with Gasteiger partial charge in [-0.2, -0.15) is 0 Å². The Morgan fingerprint density at radius 2 is 2.00 bits per heavy atom. The van der Waals surface area contributed by atoms with Gasteiger partial charge in [0, 0.05) is 20.5 Å². The first-order valence-electron chi connectivity index (χ1n) is 4.33. The Kier molecular flexibility index (Phi) is 2.64. The minimum absolute atomic E-state index is 0.0697. The van der Waals surface area contributed by atoms with Crippen LogP contribution < -0.4 is 21.1 Å². The van der Waals surface area contributed by atoms with Gasteiger partial charge in [0.05, 0.1) is 0 Å². The number of hydrogen-bond acceptors (Lipinski definition) is 5. The fourth-order valence-corrected chi connectivity index (χ4v) is 1.27. The molecule has 0 bridgehead atoms. The second kappa shape index (κ2) is 3.57. The SMILES string of the molecule is CCc1c(N)c(N(C)C)nc(N)[n+]1[O-]. The average Bonchev–Trinajstić information content (AvgIpc) is 2.12. The predicted octanol–water partition coefficient (Wildman–Crippen LogP) is -0.492. The second-order valence-electron chi connectivity index (χ2n) is 3.20. The molecule has 1 aromatic heterocycles. The molecule has 1 heterocycles. The van der Waals surface area contributed by atoms with Gasteiger partial charge in [-0.1, -0.05) is 11.9 Å². The summed E-state index contributed by atoms with van der Waals surface area (Å²) >= 11 is 0. The van der Waals surface area contributed by atoms with Gasteiger partial charge in [-0.25, -0.2) is 4.73 Å². The highest BCUT2D eigenvalue weighted by molar-refractivity contribution is 5.64. The van der Waals surface area contributed by atoms with E-state index in [1.54, 1.807) is 19.0 Å². The maximum atomic E-state index is 11.4. The largest absolute Gasteiger partial charge is 0.740 e. The molecule has 1 rings (SSSR count). The van der Waals surface area contributed by atoms with Crippen LogP contribution in [-0.4, -0.2) is 19.1 Å². The van der Waals surface area contributed by atoms with E-state index in [0.29, 0.717) is 28.4 Å². The molecule has 1 aromatic rings. The smallest absolute Gasteiger partial charge is 0.392 e. The number of nitrogens with zero attached hydrogens (tertiary/aromatic N) is 3. The number of rotatable bonds is 2. The molecule has 78 valence electrons. The van der Waals surface area contributed by atoms with Crippen LogP contribution in [0.15, 0.2) is 0 Å². The third-order valence-corrected chi connectivity index (χ3v) is 1.98. The van der Waals surface area contributed by atoms with E-state index in [1.165, 1.54) is 0 Å². The van der Waals surface area contributed by atoms with Crippen LogP contribution in [0.3, 0.4) is 0 Å². The molecule has 0 spiro atoms. The van der Waals surface area contributed by atoms with Gasteiger partial charge in [0.1, 0.15) is 11.4 Å². The second-order valence-corrected chi connectivity index (χ2v) is 3.20. The minimum atomic E-state index is -0.0697. The van der Waals surface area contributed by atoms with Crippen molar-refractivity contribution in [1.29, 1.82) is 0 Å². The van der Waals surface area contributed by atoms with Crippen LogP contribution >= 0.6 is 0 Å². The van der Waals surface area contributed by atoms with Gasteiger partial charge >= 0.3 is 5.95 Å².